The molecule has 6 nitrogen and oxygen atoms in total. The predicted octanol–water partition coefficient (Wildman–Crippen LogP) is 4.72. The highest BCUT2D eigenvalue weighted by Gasteiger charge is 2.17. The van der Waals surface area contributed by atoms with E-state index in [0.29, 0.717) is 17.6 Å². The molecule has 0 saturated carbocycles. The molecule has 2 aromatic carbocycles. The summed E-state index contributed by atoms with van der Waals surface area (Å²) in [4.78, 5) is 27.0. The van der Waals surface area contributed by atoms with Crippen LogP contribution in [0.2, 0.25) is 0 Å². The first-order valence-corrected chi connectivity index (χ1v) is 9.61. The number of nitrogens with two attached hydrogens (primary N) is 1. The Bertz CT molecular complexity index is 1050. The van der Waals surface area contributed by atoms with Gasteiger partial charge < -0.3 is 20.8 Å². The topological polar surface area (TPSA) is 97.2 Å². The highest BCUT2D eigenvalue weighted by molar-refractivity contribution is 9.10. The maximum atomic E-state index is 12.0. The maximum Gasteiger partial charge on any atom is 0.407 e. The van der Waals surface area contributed by atoms with E-state index in [0.717, 1.165) is 26.7 Å². The molecule has 3 aromatic rings. The van der Waals surface area contributed by atoms with Crippen LogP contribution in [0.1, 0.15) is 36.7 Å². The average molecular weight is 444 g/mol. The SMILES string of the molecule is CC(C)(C)OC(=O)NCc1ccccc1-c1cc2c(Br)ccc(C(N)=O)c2[nH]1. The maximum absolute atomic E-state index is 12.0. The Morgan fingerprint density at radius 1 is 1.18 bits per heavy atom. The van der Waals surface area contributed by atoms with Gasteiger partial charge in [0.05, 0.1) is 11.1 Å². The van der Waals surface area contributed by atoms with Crippen LogP contribution in [0.3, 0.4) is 0 Å². The summed E-state index contributed by atoms with van der Waals surface area (Å²) in [6.07, 6.45) is -0.474. The van der Waals surface area contributed by atoms with Gasteiger partial charge in [0.15, 0.2) is 0 Å². The van der Waals surface area contributed by atoms with Crippen molar-refractivity contribution >= 4 is 38.8 Å². The van der Waals surface area contributed by atoms with Crippen molar-refractivity contribution in [2.75, 3.05) is 0 Å². The van der Waals surface area contributed by atoms with Crippen molar-refractivity contribution in [2.24, 2.45) is 5.73 Å². The number of amides is 2. The second-order valence-electron chi connectivity index (χ2n) is 7.44. The summed E-state index contributed by atoms with van der Waals surface area (Å²) in [5, 5.41) is 3.64. The zero-order chi connectivity index (χ0) is 20.5. The van der Waals surface area contributed by atoms with Gasteiger partial charge in [0.25, 0.3) is 5.91 Å². The third kappa shape index (κ3) is 4.36. The van der Waals surface area contributed by atoms with E-state index in [-0.39, 0.29) is 0 Å². The summed E-state index contributed by atoms with van der Waals surface area (Å²) in [6, 6.07) is 13.2. The molecule has 0 fully saturated rings. The van der Waals surface area contributed by atoms with Gasteiger partial charge in [-0.25, -0.2) is 4.79 Å². The number of hydrogen-bond acceptors (Lipinski definition) is 3. The van der Waals surface area contributed by atoms with E-state index in [1.165, 1.54) is 0 Å². The van der Waals surface area contributed by atoms with Crippen molar-refractivity contribution in [3.8, 4) is 11.3 Å². The standard InChI is InChI=1S/C21H22BrN3O3/c1-21(2,3)28-20(27)24-11-12-6-4-5-7-13(12)17-10-15-16(22)9-8-14(19(23)26)18(15)25-17/h4-10,25H,11H2,1-3H3,(H2,23,26)(H,24,27). The molecular weight excluding hydrogens is 422 g/mol. The Morgan fingerprint density at radius 2 is 1.89 bits per heavy atom. The second-order valence-corrected chi connectivity index (χ2v) is 8.30. The van der Waals surface area contributed by atoms with E-state index in [1.807, 2.05) is 51.1 Å². The molecule has 0 radical (unpaired) electrons. The van der Waals surface area contributed by atoms with Crippen LogP contribution in [-0.4, -0.2) is 22.6 Å². The highest BCUT2D eigenvalue weighted by Crippen LogP contribution is 2.32. The third-order valence-electron chi connectivity index (χ3n) is 4.14. The lowest BCUT2D eigenvalue weighted by Gasteiger charge is -2.20. The number of nitrogens with one attached hydrogen (secondary N) is 2. The van der Waals surface area contributed by atoms with E-state index in [4.69, 9.17) is 10.5 Å². The summed E-state index contributed by atoms with van der Waals surface area (Å²) in [6.45, 7) is 5.77. The van der Waals surface area contributed by atoms with Gasteiger partial charge in [-0.3, -0.25) is 4.79 Å². The minimum atomic E-state index is -0.557. The lowest BCUT2D eigenvalue weighted by Crippen LogP contribution is -2.32. The summed E-state index contributed by atoms with van der Waals surface area (Å²) in [5.41, 5.74) is 8.70. The fourth-order valence-corrected chi connectivity index (χ4v) is 3.40. The van der Waals surface area contributed by atoms with Gasteiger partial charge in [0, 0.05) is 27.7 Å². The summed E-state index contributed by atoms with van der Waals surface area (Å²) in [5.74, 6) is -0.495. The molecule has 146 valence electrons. The van der Waals surface area contributed by atoms with Gasteiger partial charge in [-0.2, -0.15) is 0 Å². The molecule has 0 aliphatic carbocycles. The zero-order valence-electron chi connectivity index (χ0n) is 15.9. The number of fused-ring (bicyclic) bond motifs is 1. The molecule has 0 saturated heterocycles. The molecule has 28 heavy (non-hydrogen) atoms. The molecule has 0 unspecified atom stereocenters. The van der Waals surface area contributed by atoms with E-state index < -0.39 is 17.6 Å². The van der Waals surface area contributed by atoms with Crippen LogP contribution in [0.4, 0.5) is 4.79 Å². The van der Waals surface area contributed by atoms with Crippen molar-refractivity contribution < 1.29 is 14.3 Å². The number of alkyl carbamates (subject to hydrolysis) is 1. The molecule has 1 heterocycles. The van der Waals surface area contributed by atoms with Gasteiger partial charge in [-0.15, -0.1) is 0 Å². The number of carbonyl (C=O) groups excluding carboxylic acids is 2. The Kier molecular flexibility index (Phi) is 5.47. The minimum absolute atomic E-state index is 0.310. The molecule has 0 atom stereocenters. The van der Waals surface area contributed by atoms with Gasteiger partial charge >= 0.3 is 6.09 Å². The molecule has 0 aliphatic rings. The first kappa shape index (κ1) is 19.9. The molecular formula is C21H22BrN3O3. The van der Waals surface area contributed by atoms with Crippen LogP contribution in [0.25, 0.3) is 22.2 Å². The fraction of sp³-hybridized carbons (Fsp3) is 0.238. The number of carbonyl (C=O) groups is 2. The quantitative estimate of drug-likeness (QED) is 0.543. The highest BCUT2D eigenvalue weighted by atomic mass is 79.9. The van der Waals surface area contributed by atoms with Crippen LogP contribution >= 0.6 is 15.9 Å². The number of aromatic nitrogens is 1. The number of halogens is 1. The van der Waals surface area contributed by atoms with E-state index in [1.54, 1.807) is 12.1 Å². The Morgan fingerprint density at radius 3 is 2.57 bits per heavy atom. The second kappa shape index (κ2) is 7.67. The van der Waals surface area contributed by atoms with Crippen LogP contribution < -0.4 is 11.1 Å². The van der Waals surface area contributed by atoms with E-state index >= 15 is 0 Å². The molecule has 1 aromatic heterocycles. The number of hydrogen-bond donors (Lipinski definition) is 3. The number of benzene rings is 2. The Hall–Kier alpha value is -2.80. The summed E-state index contributed by atoms with van der Waals surface area (Å²) in [7, 11) is 0. The fourth-order valence-electron chi connectivity index (χ4n) is 2.95. The zero-order valence-corrected chi connectivity index (χ0v) is 17.5. The number of aromatic amines is 1. The number of primary amides is 1. The predicted molar refractivity (Wildman–Crippen MR) is 113 cm³/mol. The van der Waals surface area contributed by atoms with Gasteiger partial charge in [0.1, 0.15) is 5.60 Å². The molecule has 0 bridgehead atoms. The lowest BCUT2D eigenvalue weighted by molar-refractivity contribution is 0.0523. The number of rotatable bonds is 4. The summed E-state index contributed by atoms with van der Waals surface area (Å²) < 4.78 is 6.16. The van der Waals surface area contributed by atoms with E-state index in [2.05, 4.69) is 26.2 Å². The van der Waals surface area contributed by atoms with Crippen LogP contribution in [0.15, 0.2) is 46.9 Å². The van der Waals surface area contributed by atoms with Crippen LogP contribution in [0, 0.1) is 0 Å². The molecule has 4 N–H and O–H groups in total. The number of ether oxygens (including phenoxy) is 1. The van der Waals surface area contributed by atoms with Crippen LogP contribution in [0.5, 0.6) is 0 Å². The minimum Gasteiger partial charge on any atom is -0.444 e. The first-order valence-electron chi connectivity index (χ1n) is 8.82. The van der Waals surface area contributed by atoms with Crippen molar-refractivity contribution in [1.82, 2.24) is 10.3 Å². The van der Waals surface area contributed by atoms with Gasteiger partial charge in [0.2, 0.25) is 0 Å². The van der Waals surface area contributed by atoms with Crippen molar-refractivity contribution in [3.05, 3.63) is 58.1 Å². The summed E-state index contributed by atoms with van der Waals surface area (Å²) >= 11 is 3.52. The molecule has 0 aliphatic heterocycles. The van der Waals surface area contributed by atoms with Gasteiger partial charge in [-0.05, 0) is 44.5 Å². The molecule has 3 rings (SSSR count). The monoisotopic (exact) mass is 443 g/mol. The molecule has 0 spiro atoms. The average Bonchev–Trinajstić information content (AvgIpc) is 3.04. The third-order valence-corrected chi connectivity index (χ3v) is 4.83. The van der Waals surface area contributed by atoms with Crippen molar-refractivity contribution in [2.45, 2.75) is 32.9 Å². The first-order chi connectivity index (χ1) is 13.2. The normalized spacial score (nSPS) is 11.4. The Labute approximate surface area is 171 Å². The lowest BCUT2D eigenvalue weighted by atomic mass is 10.0. The molecule has 7 heteroatoms. The Balaban J connectivity index is 1.95. The molecule has 2 amide bonds. The smallest absolute Gasteiger partial charge is 0.407 e. The number of H-pyrrole nitrogens is 1. The van der Waals surface area contributed by atoms with Crippen LogP contribution in [-0.2, 0) is 11.3 Å². The van der Waals surface area contributed by atoms with E-state index in [9.17, 15) is 9.59 Å². The van der Waals surface area contributed by atoms with Crippen molar-refractivity contribution in [1.29, 1.82) is 0 Å². The van der Waals surface area contributed by atoms with Gasteiger partial charge in [-0.1, -0.05) is 40.2 Å². The largest absolute Gasteiger partial charge is 0.444 e. The van der Waals surface area contributed by atoms with Crippen molar-refractivity contribution in [3.63, 3.8) is 0 Å².